The molecule has 0 aliphatic carbocycles. The molecule has 1 aliphatic rings. The van der Waals surface area contributed by atoms with Crippen molar-refractivity contribution in [3.63, 3.8) is 0 Å². The maximum atomic E-state index is 13.2. The molecule has 1 heterocycles. The zero-order valence-electron chi connectivity index (χ0n) is 13.6. The molecule has 1 atom stereocenters. The highest BCUT2D eigenvalue weighted by Gasteiger charge is 2.34. The second-order valence-corrected chi connectivity index (χ2v) is 6.75. The molecule has 1 aromatic rings. The van der Waals surface area contributed by atoms with Gasteiger partial charge in [0.25, 0.3) is 0 Å². The maximum absolute atomic E-state index is 13.2. The number of benzene rings is 1. The number of nitrogens with one attached hydrogen (secondary N) is 1. The van der Waals surface area contributed by atoms with E-state index in [4.69, 9.17) is 0 Å². The van der Waals surface area contributed by atoms with Crippen LogP contribution in [-0.2, 0) is 12.7 Å². The highest BCUT2D eigenvalue weighted by molar-refractivity contribution is 5.30. The van der Waals surface area contributed by atoms with Crippen LogP contribution >= 0.6 is 0 Å². The molecule has 23 heavy (non-hydrogen) atoms. The van der Waals surface area contributed by atoms with Crippen molar-refractivity contribution in [3.05, 3.63) is 35.1 Å². The predicted octanol–water partition coefficient (Wildman–Crippen LogP) is 3.91. The number of alkyl halides is 3. The first kappa shape index (κ1) is 18.2. The van der Waals surface area contributed by atoms with Gasteiger partial charge in [-0.25, -0.2) is 4.39 Å². The number of hydrogen-bond acceptors (Lipinski definition) is 2. The Bertz CT molecular complexity index is 508. The Kier molecular flexibility index (Phi) is 6.03. The standard InChI is InChI=1S/C17H24F4N2/c1-12(2)9-23(10-13-5-6-22-8-13)11-14-3-4-15(18)7-16(14)17(19,20)21/h3-4,7,12-13,22H,5-6,8-11H2,1-2H3/t13-/m0/s1. The van der Waals surface area contributed by atoms with Gasteiger partial charge in [0, 0.05) is 19.6 Å². The van der Waals surface area contributed by atoms with Crippen LogP contribution in [0.4, 0.5) is 17.6 Å². The Morgan fingerprint density at radius 3 is 2.61 bits per heavy atom. The van der Waals surface area contributed by atoms with Crippen LogP contribution in [-0.4, -0.2) is 31.1 Å². The van der Waals surface area contributed by atoms with Gasteiger partial charge in [0.1, 0.15) is 5.82 Å². The lowest BCUT2D eigenvalue weighted by Gasteiger charge is -2.28. The van der Waals surface area contributed by atoms with E-state index >= 15 is 0 Å². The average molecular weight is 332 g/mol. The zero-order valence-corrected chi connectivity index (χ0v) is 13.6. The molecule has 1 aliphatic heterocycles. The lowest BCUT2D eigenvalue weighted by Crippen LogP contribution is -2.33. The summed E-state index contributed by atoms with van der Waals surface area (Å²) in [7, 11) is 0. The van der Waals surface area contributed by atoms with Crippen molar-refractivity contribution in [2.45, 2.75) is 33.0 Å². The maximum Gasteiger partial charge on any atom is 0.416 e. The fourth-order valence-corrected chi connectivity index (χ4v) is 3.15. The Morgan fingerprint density at radius 2 is 2.04 bits per heavy atom. The van der Waals surface area contributed by atoms with Crippen LogP contribution in [0.15, 0.2) is 18.2 Å². The Balaban J connectivity index is 2.17. The molecule has 2 rings (SSSR count). The molecular weight excluding hydrogens is 308 g/mol. The fourth-order valence-electron chi connectivity index (χ4n) is 3.15. The van der Waals surface area contributed by atoms with Gasteiger partial charge in [-0.05, 0) is 49.0 Å². The fraction of sp³-hybridized carbons (Fsp3) is 0.647. The minimum absolute atomic E-state index is 0.144. The lowest BCUT2D eigenvalue weighted by molar-refractivity contribution is -0.138. The van der Waals surface area contributed by atoms with Crippen LogP contribution in [0.3, 0.4) is 0 Å². The molecule has 2 nitrogen and oxygen atoms in total. The van der Waals surface area contributed by atoms with E-state index in [1.807, 2.05) is 0 Å². The SMILES string of the molecule is CC(C)CN(Cc1ccc(F)cc1C(F)(F)F)C[C@H]1CCNC1. The van der Waals surface area contributed by atoms with Gasteiger partial charge in [-0.3, -0.25) is 4.90 Å². The summed E-state index contributed by atoms with van der Waals surface area (Å²) in [6, 6.07) is 2.97. The summed E-state index contributed by atoms with van der Waals surface area (Å²) < 4.78 is 52.7. The largest absolute Gasteiger partial charge is 0.416 e. The number of hydrogen-bond donors (Lipinski definition) is 1. The summed E-state index contributed by atoms with van der Waals surface area (Å²) in [6.45, 7) is 7.66. The first-order chi connectivity index (χ1) is 10.8. The van der Waals surface area contributed by atoms with E-state index in [2.05, 4.69) is 24.1 Å². The average Bonchev–Trinajstić information content (AvgIpc) is 2.91. The van der Waals surface area contributed by atoms with Crippen LogP contribution in [0, 0.1) is 17.7 Å². The van der Waals surface area contributed by atoms with E-state index < -0.39 is 17.6 Å². The molecule has 0 aromatic heterocycles. The third kappa shape index (κ3) is 5.46. The summed E-state index contributed by atoms with van der Waals surface area (Å²) in [5.74, 6) is -0.0286. The van der Waals surface area contributed by atoms with Crippen LogP contribution in [0.1, 0.15) is 31.4 Å². The molecule has 1 N–H and O–H groups in total. The molecule has 1 saturated heterocycles. The Morgan fingerprint density at radius 1 is 1.30 bits per heavy atom. The van der Waals surface area contributed by atoms with E-state index in [1.165, 1.54) is 6.07 Å². The first-order valence-corrected chi connectivity index (χ1v) is 8.04. The Hall–Kier alpha value is -1.14. The van der Waals surface area contributed by atoms with Gasteiger partial charge in [0.05, 0.1) is 5.56 Å². The van der Waals surface area contributed by atoms with Crippen molar-refractivity contribution in [1.29, 1.82) is 0 Å². The Labute approximate surface area is 134 Å². The van der Waals surface area contributed by atoms with Crippen molar-refractivity contribution >= 4 is 0 Å². The number of halogens is 4. The van der Waals surface area contributed by atoms with Crippen LogP contribution < -0.4 is 5.32 Å². The van der Waals surface area contributed by atoms with Crippen molar-refractivity contribution in [2.24, 2.45) is 11.8 Å². The minimum Gasteiger partial charge on any atom is -0.316 e. The summed E-state index contributed by atoms with van der Waals surface area (Å²) >= 11 is 0. The van der Waals surface area contributed by atoms with Crippen molar-refractivity contribution in [1.82, 2.24) is 10.2 Å². The lowest BCUT2D eigenvalue weighted by atomic mass is 10.0. The second-order valence-electron chi connectivity index (χ2n) is 6.75. The topological polar surface area (TPSA) is 15.3 Å². The molecule has 0 bridgehead atoms. The van der Waals surface area contributed by atoms with Crippen molar-refractivity contribution in [2.75, 3.05) is 26.2 Å². The second kappa shape index (κ2) is 7.62. The van der Waals surface area contributed by atoms with Gasteiger partial charge in [0.15, 0.2) is 0 Å². The van der Waals surface area contributed by atoms with E-state index in [-0.39, 0.29) is 12.1 Å². The number of rotatable bonds is 6. The third-order valence-corrected chi connectivity index (χ3v) is 4.07. The van der Waals surface area contributed by atoms with Crippen molar-refractivity contribution in [3.8, 4) is 0 Å². The quantitative estimate of drug-likeness (QED) is 0.795. The highest BCUT2D eigenvalue weighted by Crippen LogP contribution is 2.33. The van der Waals surface area contributed by atoms with Crippen LogP contribution in [0.5, 0.6) is 0 Å². The molecule has 0 radical (unpaired) electrons. The third-order valence-electron chi connectivity index (χ3n) is 4.07. The summed E-state index contributed by atoms with van der Waals surface area (Å²) in [6.07, 6.45) is -3.49. The minimum atomic E-state index is -4.53. The van der Waals surface area contributed by atoms with Gasteiger partial charge in [-0.15, -0.1) is 0 Å². The molecule has 0 amide bonds. The van der Waals surface area contributed by atoms with Gasteiger partial charge < -0.3 is 5.32 Å². The molecule has 0 saturated carbocycles. The molecule has 130 valence electrons. The first-order valence-electron chi connectivity index (χ1n) is 8.04. The van der Waals surface area contributed by atoms with E-state index in [0.29, 0.717) is 17.9 Å². The smallest absolute Gasteiger partial charge is 0.316 e. The number of nitrogens with zero attached hydrogens (tertiary/aromatic N) is 1. The van der Waals surface area contributed by atoms with Gasteiger partial charge >= 0.3 is 6.18 Å². The summed E-state index contributed by atoms with van der Waals surface area (Å²) in [5, 5.41) is 3.28. The van der Waals surface area contributed by atoms with Gasteiger partial charge in [0.2, 0.25) is 0 Å². The molecular formula is C17H24F4N2. The van der Waals surface area contributed by atoms with Crippen LogP contribution in [0.2, 0.25) is 0 Å². The molecule has 1 aromatic carbocycles. The van der Waals surface area contributed by atoms with Crippen molar-refractivity contribution < 1.29 is 17.6 Å². The predicted molar refractivity (Wildman–Crippen MR) is 82.5 cm³/mol. The van der Waals surface area contributed by atoms with Gasteiger partial charge in [-0.2, -0.15) is 13.2 Å². The zero-order chi connectivity index (χ0) is 17.0. The van der Waals surface area contributed by atoms with Gasteiger partial charge in [-0.1, -0.05) is 19.9 Å². The van der Waals surface area contributed by atoms with E-state index in [1.54, 1.807) is 0 Å². The summed E-state index contributed by atoms with van der Waals surface area (Å²) in [4.78, 5) is 2.06. The molecule has 0 unspecified atom stereocenters. The van der Waals surface area contributed by atoms with E-state index in [0.717, 1.165) is 38.7 Å². The molecule has 1 fully saturated rings. The van der Waals surface area contributed by atoms with Crippen LogP contribution in [0.25, 0.3) is 0 Å². The normalized spacial score (nSPS) is 19.0. The molecule has 6 heteroatoms. The molecule has 0 spiro atoms. The monoisotopic (exact) mass is 332 g/mol. The van der Waals surface area contributed by atoms with E-state index in [9.17, 15) is 17.6 Å². The highest BCUT2D eigenvalue weighted by atomic mass is 19.4. The summed E-state index contributed by atoms with van der Waals surface area (Å²) in [5.41, 5.74) is -0.721.